The van der Waals surface area contributed by atoms with Gasteiger partial charge >= 0.3 is 0 Å². The average Bonchev–Trinajstić information content (AvgIpc) is 3.19. The molecule has 0 bridgehead atoms. The summed E-state index contributed by atoms with van der Waals surface area (Å²) in [7, 11) is 0. The van der Waals surface area contributed by atoms with Crippen LogP contribution in [0.5, 0.6) is 5.75 Å². The maximum absolute atomic E-state index is 6.38. The summed E-state index contributed by atoms with van der Waals surface area (Å²) in [5.74, 6) is 0.942. The topological polar surface area (TPSA) is 25.4 Å². The summed E-state index contributed by atoms with van der Waals surface area (Å²) < 4.78 is 7.61. The number of aryl methyl sites for hydroxylation is 1. The van der Waals surface area contributed by atoms with E-state index in [1.54, 1.807) is 11.3 Å². The molecular weight excluding hydrogens is 400 g/mol. The van der Waals surface area contributed by atoms with Crippen LogP contribution >= 0.6 is 11.3 Å². The summed E-state index contributed by atoms with van der Waals surface area (Å²) in [6, 6.07) is 14.9. The molecule has 1 atom stereocenters. The van der Waals surface area contributed by atoms with Gasteiger partial charge in [-0.2, -0.15) is 0 Å². The fourth-order valence-electron chi connectivity index (χ4n) is 3.65. The second-order valence-electron chi connectivity index (χ2n) is 8.15. The summed E-state index contributed by atoms with van der Waals surface area (Å²) in [6.07, 6.45) is 10.2. The van der Waals surface area contributed by atoms with Gasteiger partial charge in [0.1, 0.15) is 10.8 Å². The molecule has 0 radical (unpaired) electrons. The van der Waals surface area contributed by atoms with Crippen LogP contribution in [0.4, 0.5) is 0 Å². The highest BCUT2D eigenvalue weighted by atomic mass is 32.1. The molecule has 3 rings (SSSR count). The van der Waals surface area contributed by atoms with Gasteiger partial charge in [-0.15, -0.1) is 11.3 Å². The van der Waals surface area contributed by atoms with Crippen LogP contribution in [0.2, 0.25) is 0 Å². The Morgan fingerprint density at radius 2 is 1.68 bits per heavy atom. The number of nitrogens with zero attached hydrogens (tertiary/aromatic N) is 2. The predicted octanol–water partition coefficient (Wildman–Crippen LogP) is 7.79. The maximum Gasteiger partial charge on any atom is 0.152 e. The van der Waals surface area contributed by atoms with Crippen molar-refractivity contribution in [2.24, 2.45) is 0 Å². The Morgan fingerprint density at radius 1 is 0.968 bits per heavy atom. The van der Waals surface area contributed by atoms with Crippen molar-refractivity contribution in [3.8, 4) is 5.75 Å². The van der Waals surface area contributed by atoms with Crippen LogP contribution in [0.25, 0.3) is 22.4 Å². The molecule has 4 heteroatoms. The second kappa shape index (κ2) is 12.0. The molecule has 0 saturated heterocycles. The highest BCUT2D eigenvalue weighted by molar-refractivity contribution is 7.19. The van der Waals surface area contributed by atoms with E-state index in [4.69, 9.17) is 9.72 Å². The van der Waals surface area contributed by atoms with Crippen molar-refractivity contribution in [1.82, 2.24) is 9.88 Å². The third-order valence-corrected chi connectivity index (χ3v) is 6.49. The second-order valence-corrected chi connectivity index (χ2v) is 9.21. The molecule has 0 spiro atoms. The molecule has 0 aliphatic rings. The van der Waals surface area contributed by atoms with Crippen LogP contribution in [0.3, 0.4) is 0 Å². The monoisotopic (exact) mass is 436 g/mol. The molecule has 0 saturated carbocycles. The zero-order chi connectivity index (χ0) is 22.1. The van der Waals surface area contributed by atoms with Gasteiger partial charge in [0.25, 0.3) is 0 Å². The number of thiazole rings is 1. The van der Waals surface area contributed by atoms with Crippen LogP contribution in [0, 0.1) is 6.92 Å². The normalized spacial score (nSPS) is 12.8. The lowest BCUT2D eigenvalue weighted by Crippen LogP contribution is -2.40. The summed E-state index contributed by atoms with van der Waals surface area (Å²) in [5.41, 5.74) is 3.48. The number of rotatable bonds is 12. The smallest absolute Gasteiger partial charge is 0.152 e. The molecule has 0 fully saturated rings. The van der Waals surface area contributed by atoms with Gasteiger partial charge in [-0.05, 0) is 67.7 Å². The Balaban J connectivity index is 1.64. The van der Waals surface area contributed by atoms with Crippen molar-refractivity contribution in [2.45, 2.75) is 66.0 Å². The van der Waals surface area contributed by atoms with Crippen LogP contribution in [0.1, 0.15) is 69.0 Å². The minimum Gasteiger partial charge on any atom is -0.475 e. The Morgan fingerprint density at radius 3 is 2.32 bits per heavy atom. The van der Waals surface area contributed by atoms with E-state index >= 15 is 0 Å². The first kappa shape index (κ1) is 23.5. The minimum absolute atomic E-state index is 0.144. The molecule has 1 unspecified atom stereocenters. The number of aromatic nitrogens is 1. The molecular formula is C27H36N2OS. The Kier molecular flexibility index (Phi) is 9.11. The molecule has 0 aliphatic heterocycles. The fraction of sp³-hybridized carbons (Fsp3) is 0.444. The van der Waals surface area contributed by atoms with Gasteiger partial charge in [0.05, 0.1) is 10.2 Å². The predicted molar refractivity (Wildman–Crippen MR) is 136 cm³/mol. The van der Waals surface area contributed by atoms with Gasteiger partial charge in [-0.3, -0.25) is 4.90 Å². The molecule has 31 heavy (non-hydrogen) atoms. The minimum atomic E-state index is 0.144. The van der Waals surface area contributed by atoms with E-state index in [0.29, 0.717) is 0 Å². The van der Waals surface area contributed by atoms with Crippen molar-refractivity contribution in [1.29, 1.82) is 0 Å². The van der Waals surface area contributed by atoms with E-state index in [-0.39, 0.29) is 6.23 Å². The van der Waals surface area contributed by atoms with Crippen LogP contribution in [-0.2, 0) is 0 Å². The summed E-state index contributed by atoms with van der Waals surface area (Å²) >= 11 is 1.73. The summed E-state index contributed by atoms with van der Waals surface area (Å²) in [5, 5.41) is 1.04. The van der Waals surface area contributed by atoms with E-state index in [9.17, 15) is 0 Å². The lowest BCUT2D eigenvalue weighted by Gasteiger charge is -2.31. The molecule has 166 valence electrons. The first-order chi connectivity index (χ1) is 15.1. The van der Waals surface area contributed by atoms with Gasteiger partial charge in [-0.1, -0.05) is 57.9 Å². The van der Waals surface area contributed by atoms with Crippen molar-refractivity contribution >= 4 is 33.7 Å². The number of hydrogen-bond donors (Lipinski definition) is 0. The van der Waals surface area contributed by atoms with Crippen LogP contribution < -0.4 is 4.74 Å². The standard InChI is InChI=1S/C27H36N2OS/c1-5-8-18-29(19-9-6-2)27(7-3)30-23-14-11-22(12-15-23)13-17-26-28-24-20-21(4)10-16-25(24)31-26/h10-17,20,27H,5-9,18-19H2,1-4H3/b17-13+. The third kappa shape index (κ3) is 6.91. The van der Waals surface area contributed by atoms with Crippen molar-refractivity contribution < 1.29 is 4.74 Å². The quantitative estimate of drug-likeness (QED) is 0.271. The molecule has 3 nitrogen and oxygen atoms in total. The zero-order valence-corrected chi connectivity index (χ0v) is 20.3. The Labute approximate surface area is 191 Å². The van der Waals surface area contributed by atoms with E-state index in [0.717, 1.165) is 41.3 Å². The van der Waals surface area contributed by atoms with Crippen LogP contribution in [-0.4, -0.2) is 29.2 Å². The largest absolute Gasteiger partial charge is 0.475 e. The number of unbranched alkanes of at least 4 members (excludes halogenated alkanes) is 2. The van der Waals surface area contributed by atoms with E-state index in [1.807, 2.05) is 0 Å². The van der Waals surface area contributed by atoms with Crippen LogP contribution in [0.15, 0.2) is 42.5 Å². The van der Waals surface area contributed by atoms with Crippen molar-refractivity contribution in [3.63, 3.8) is 0 Å². The number of benzene rings is 2. The number of hydrogen-bond acceptors (Lipinski definition) is 4. The highest BCUT2D eigenvalue weighted by Gasteiger charge is 2.17. The van der Waals surface area contributed by atoms with Gasteiger partial charge in [0, 0.05) is 13.1 Å². The zero-order valence-electron chi connectivity index (χ0n) is 19.4. The fourth-order valence-corrected chi connectivity index (χ4v) is 4.50. The van der Waals surface area contributed by atoms with Gasteiger partial charge in [-0.25, -0.2) is 4.98 Å². The maximum atomic E-state index is 6.38. The molecule has 0 N–H and O–H groups in total. The summed E-state index contributed by atoms with van der Waals surface area (Å²) in [6.45, 7) is 11.0. The molecule has 0 amide bonds. The number of ether oxygens (including phenoxy) is 1. The SMILES string of the molecule is CCCCN(CCCC)C(CC)Oc1ccc(/C=C/c2nc3cc(C)ccc3s2)cc1. The van der Waals surface area contributed by atoms with Gasteiger partial charge in [0.15, 0.2) is 6.23 Å². The lowest BCUT2D eigenvalue weighted by atomic mass is 10.2. The number of fused-ring (bicyclic) bond motifs is 1. The average molecular weight is 437 g/mol. The van der Waals surface area contributed by atoms with E-state index < -0.39 is 0 Å². The molecule has 0 aliphatic carbocycles. The highest BCUT2D eigenvalue weighted by Crippen LogP contribution is 2.25. The molecule has 1 heterocycles. The van der Waals surface area contributed by atoms with Crippen molar-refractivity contribution in [3.05, 3.63) is 58.6 Å². The Hall–Kier alpha value is -2.17. The molecule has 3 aromatic rings. The molecule has 1 aromatic heterocycles. The van der Waals surface area contributed by atoms with Gasteiger partial charge < -0.3 is 4.74 Å². The lowest BCUT2D eigenvalue weighted by molar-refractivity contribution is 0.0202. The molecule has 2 aromatic carbocycles. The third-order valence-electron chi connectivity index (χ3n) is 5.48. The van der Waals surface area contributed by atoms with E-state index in [2.05, 4.69) is 87.2 Å². The van der Waals surface area contributed by atoms with E-state index in [1.165, 1.54) is 35.9 Å². The van der Waals surface area contributed by atoms with Crippen molar-refractivity contribution in [2.75, 3.05) is 13.1 Å². The first-order valence-electron chi connectivity index (χ1n) is 11.7. The Bertz CT molecular complexity index is 953. The summed E-state index contributed by atoms with van der Waals surface area (Å²) in [4.78, 5) is 7.24. The van der Waals surface area contributed by atoms with Gasteiger partial charge in [0.2, 0.25) is 0 Å². The first-order valence-corrected chi connectivity index (χ1v) is 12.5.